The van der Waals surface area contributed by atoms with Gasteiger partial charge in [0.25, 0.3) is 0 Å². The summed E-state index contributed by atoms with van der Waals surface area (Å²) in [7, 11) is -3.46. The molecular weight excluding hydrogens is 302 g/mol. The minimum atomic E-state index is -3.46. The van der Waals surface area contributed by atoms with Crippen molar-refractivity contribution in [3.05, 3.63) is 46.3 Å². The summed E-state index contributed by atoms with van der Waals surface area (Å²) in [5.41, 5.74) is 0.607. The van der Waals surface area contributed by atoms with E-state index in [2.05, 4.69) is 10.3 Å². The standard InChI is InChI=1S/C11H11N3O4S2/c1-20(17,18)10-5-9(14(15)16)11(19-10)13-7-8-3-2-4-12-6-8/h2-6,13H,7H2,1H3. The van der Waals surface area contributed by atoms with E-state index >= 15 is 0 Å². The highest BCUT2D eigenvalue weighted by atomic mass is 32.2. The molecule has 20 heavy (non-hydrogen) atoms. The van der Waals surface area contributed by atoms with E-state index in [1.165, 1.54) is 0 Å². The molecule has 0 saturated heterocycles. The van der Waals surface area contributed by atoms with Crippen LogP contribution in [0.4, 0.5) is 10.7 Å². The minimum Gasteiger partial charge on any atom is -0.367 e. The van der Waals surface area contributed by atoms with Crippen molar-refractivity contribution in [3.63, 3.8) is 0 Å². The van der Waals surface area contributed by atoms with E-state index in [0.717, 1.165) is 29.2 Å². The first-order valence-electron chi connectivity index (χ1n) is 5.49. The lowest BCUT2D eigenvalue weighted by atomic mass is 10.3. The van der Waals surface area contributed by atoms with Gasteiger partial charge in [0.05, 0.1) is 4.92 Å². The zero-order chi connectivity index (χ0) is 14.8. The van der Waals surface area contributed by atoms with Gasteiger partial charge in [-0.1, -0.05) is 17.4 Å². The summed E-state index contributed by atoms with van der Waals surface area (Å²) in [4.78, 5) is 14.3. The molecule has 2 aromatic rings. The Morgan fingerprint density at radius 1 is 1.50 bits per heavy atom. The average molecular weight is 313 g/mol. The summed E-state index contributed by atoms with van der Waals surface area (Å²) in [6.07, 6.45) is 4.27. The van der Waals surface area contributed by atoms with Crippen molar-refractivity contribution in [1.29, 1.82) is 0 Å². The Labute approximate surface area is 119 Å². The molecule has 0 spiro atoms. The molecule has 106 valence electrons. The molecule has 0 aliphatic rings. The maximum Gasteiger partial charge on any atom is 0.304 e. The highest BCUT2D eigenvalue weighted by molar-refractivity contribution is 7.92. The van der Waals surface area contributed by atoms with E-state index in [1.54, 1.807) is 18.5 Å². The topological polar surface area (TPSA) is 102 Å². The van der Waals surface area contributed by atoms with Crippen molar-refractivity contribution in [2.24, 2.45) is 0 Å². The van der Waals surface area contributed by atoms with Gasteiger partial charge in [0.1, 0.15) is 4.21 Å². The van der Waals surface area contributed by atoms with Gasteiger partial charge in [0, 0.05) is 31.3 Å². The molecule has 2 heterocycles. The molecule has 7 nitrogen and oxygen atoms in total. The van der Waals surface area contributed by atoms with Crippen LogP contribution in [0.25, 0.3) is 0 Å². The molecule has 0 amide bonds. The maximum atomic E-state index is 11.4. The predicted octanol–water partition coefficient (Wildman–Crippen LogP) is 2.07. The highest BCUT2D eigenvalue weighted by Gasteiger charge is 2.23. The number of hydrogen-bond acceptors (Lipinski definition) is 7. The van der Waals surface area contributed by atoms with Crippen LogP contribution >= 0.6 is 11.3 Å². The number of nitrogens with zero attached hydrogens (tertiary/aromatic N) is 2. The third-order valence-corrected chi connectivity index (χ3v) is 5.31. The van der Waals surface area contributed by atoms with Crippen molar-refractivity contribution >= 4 is 31.9 Å². The maximum absolute atomic E-state index is 11.4. The summed E-state index contributed by atoms with van der Waals surface area (Å²) < 4.78 is 22.9. The molecule has 0 fully saturated rings. The van der Waals surface area contributed by atoms with E-state index in [0.29, 0.717) is 6.54 Å². The van der Waals surface area contributed by atoms with Crippen molar-refractivity contribution in [3.8, 4) is 0 Å². The molecule has 0 aromatic carbocycles. The summed E-state index contributed by atoms with van der Waals surface area (Å²) >= 11 is 0.853. The molecule has 0 bridgehead atoms. The monoisotopic (exact) mass is 313 g/mol. The summed E-state index contributed by atoms with van der Waals surface area (Å²) in [5.74, 6) is 0. The Hall–Kier alpha value is -2.00. The van der Waals surface area contributed by atoms with E-state index < -0.39 is 14.8 Å². The van der Waals surface area contributed by atoms with E-state index in [4.69, 9.17) is 0 Å². The number of nitrogens with one attached hydrogen (secondary N) is 1. The highest BCUT2D eigenvalue weighted by Crippen LogP contribution is 2.37. The Bertz CT molecular complexity index is 725. The zero-order valence-electron chi connectivity index (χ0n) is 10.4. The molecule has 0 radical (unpaired) electrons. The van der Waals surface area contributed by atoms with Gasteiger partial charge in [-0.05, 0) is 11.6 Å². The van der Waals surface area contributed by atoms with E-state index in [-0.39, 0.29) is 14.9 Å². The van der Waals surface area contributed by atoms with Gasteiger partial charge in [-0.2, -0.15) is 0 Å². The second kappa shape index (κ2) is 5.55. The molecule has 2 rings (SSSR count). The molecule has 0 atom stereocenters. The van der Waals surface area contributed by atoms with E-state index in [1.807, 2.05) is 6.07 Å². The molecule has 0 unspecified atom stereocenters. The van der Waals surface area contributed by atoms with Gasteiger partial charge in [-0.25, -0.2) is 8.42 Å². The zero-order valence-corrected chi connectivity index (χ0v) is 12.1. The number of nitro groups is 1. The number of hydrogen-bond donors (Lipinski definition) is 1. The largest absolute Gasteiger partial charge is 0.367 e. The summed E-state index contributed by atoms with van der Waals surface area (Å²) in [6.45, 7) is 0.332. The lowest BCUT2D eigenvalue weighted by Gasteiger charge is -2.02. The second-order valence-electron chi connectivity index (χ2n) is 4.02. The van der Waals surface area contributed by atoms with Crippen LogP contribution in [0.15, 0.2) is 34.8 Å². The first-order chi connectivity index (χ1) is 9.38. The number of sulfone groups is 1. The lowest BCUT2D eigenvalue weighted by Crippen LogP contribution is -2.00. The second-order valence-corrected chi connectivity index (χ2v) is 7.32. The number of pyridine rings is 1. The molecule has 0 saturated carbocycles. The number of anilines is 1. The SMILES string of the molecule is CS(=O)(=O)c1cc([N+](=O)[O-])c(NCc2cccnc2)s1. The summed E-state index contributed by atoms with van der Waals surface area (Å²) in [6, 6.07) is 4.64. The van der Waals surface area contributed by atoms with Crippen molar-refractivity contribution in [1.82, 2.24) is 4.98 Å². The van der Waals surface area contributed by atoms with Crippen molar-refractivity contribution in [2.75, 3.05) is 11.6 Å². The Morgan fingerprint density at radius 3 is 2.80 bits per heavy atom. The Morgan fingerprint density at radius 2 is 2.25 bits per heavy atom. The Kier molecular flexibility index (Phi) is 4.00. The van der Waals surface area contributed by atoms with Crippen LogP contribution in [0.1, 0.15) is 5.56 Å². The predicted molar refractivity (Wildman–Crippen MR) is 75.6 cm³/mol. The van der Waals surface area contributed by atoms with Crippen LogP contribution in [-0.4, -0.2) is 24.6 Å². The molecule has 2 aromatic heterocycles. The fraction of sp³-hybridized carbons (Fsp3) is 0.182. The molecule has 1 N–H and O–H groups in total. The van der Waals surface area contributed by atoms with Crippen LogP contribution in [-0.2, 0) is 16.4 Å². The molecule has 9 heteroatoms. The normalized spacial score (nSPS) is 11.2. The Balaban J connectivity index is 2.27. The molecule has 0 aliphatic heterocycles. The van der Waals surface area contributed by atoms with Crippen LogP contribution in [0.3, 0.4) is 0 Å². The smallest absolute Gasteiger partial charge is 0.304 e. The third kappa shape index (κ3) is 3.31. The summed E-state index contributed by atoms with van der Waals surface area (Å²) in [5, 5.41) is 14.0. The first-order valence-corrected chi connectivity index (χ1v) is 8.20. The van der Waals surface area contributed by atoms with Gasteiger partial charge in [0.2, 0.25) is 0 Å². The fourth-order valence-corrected chi connectivity index (χ4v) is 3.42. The minimum absolute atomic E-state index is 0.0297. The van der Waals surface area contributed by atoms with Crippen LogP contribution in [0.5, 0.6) is 0 Å². The van der Waals surface area contributed by atoms with Gasteiger partial charge in [-0.15, -0.1) is 0 Å². The number of thiophene rings is 1. The molecule has 0 aliphatic carbocycles. The van der Waals surface area contributed by atoms with Gasteiger partial charge >= 0.3 is 5.69 Å². The van der Waals surface area contributed by atoms with Crippen molar-refractivity contribution < 1.29 is 13.3 Å². The quantitative estimate of drug-likeness (QED) is 0.669. The number of aromatic nitrogens is 1. The van der Waals surface area contributed by atoms with Gasteiger partial charge < -0.3 is 5.32 Å². The first kappa shape index (κ1) is 14.4. The van der Waals surface area contributed by atoms with E-state index in [9.17, 15) is 18.5 Å². The third-order valence-electron chi connectivity index (χ3n) is 2.43. The van der Waals surface area contributed by atoms with Crippen LogP contribution < -0.4 is 5.32 Å². The fourth-order valence-electron chi connectivity index (χ4n) is 1.49. The lowest BCUT2D eigenvalue weighted by molar-refractivity contribution is -0.383. The van der Waals surface area contributed by atoms with Crippen LogP contribution in [0, 0.1) is 10.1 Å². The number of rotatable bonds is 5. The van der Waals surface area contributed by atoms with Crippen LogP contribution in [0.2, 0.25) is 0 Å². The molecular formula is C11H11N3O4S2. The average Bonchev–Trinajstić information content (AvgIpc) is 2.82. The van der Waals surface area contributed by atoms with Gasteiger partial charge in [0.15, 0.2) is 14.8 Å². The van der Waals surface area contributed by atoms with Crippen molar-refractivity contribution in [2.45, 2.75) is 10.8 Å². The van der Waals surface area contributed by atoms with Gasteiger partial charge in [-0.3, -0.25) is 15.1 Å².